The van der Waals surface area contributed by atoms with Crippen molar-refractivity contribution in [1.29, 1.82) is 0 Å². The molecule has 0 aromatic carbocycles. The lowest BCUT2D eigenvalue weighted by Gasteiger charge is -2.31. The van der Waals surface area contributed by atoms with Gasteiger partial charge in [-0.3, -0.25) is 5.10 Å². The second-order valence-corrected chi connectivity index (χ2v) is 7.72. The third-order valence-corrected chi connectivity index (χ3v) is 6.26. The van der Waals surface area contributed by atoms with E-state index in [4.69, 9.17) is 4.42 Å². The molecule has 0 amide bonds. The molecule has 0 spiro atoms. The van der Waals surface area contributed by atoms with Crippen molar-refractivity contribution in [1.82, 2.24) is 14.5 Å². The van der Waals surface area contributed by atoms with Gasteiger partial charge in [0.15, 0.2) is 5.76 Å². The molecule has 0 aliphatic carbocycles. The number of aryl methyl sites for hydroxylation is 1. The van der Waals surface area contributed by atoms with Gasteiger partial charge >= 0.3 is 0 Å². The van der Waals surface area contributed by atoms with E-state index in [0.717, 1.165) is 30.5 Å². The lowest BCUT2D eigenvalue weighted by Crippen LogP contribution is -2.41. The highest BCUT2D eigenvalue weighted by Crippen LogP contribution is 2.30. The van der Waals surface area contributed by atoms with Crippen molar-refractivity contribution in [2.45, 2.75) is 51.2 Å². The molecule has 120 valence electrons. The fourth-order valence-electron chi connectivity index (χ4n) is 2.86. The molecule has 1 unspecified atom stereocenters. The van der Waals surface area contributed by atoms with Crippen LogP contribution >= 0.6 is 0 Å². The monoisotopic (exact) mass is 323 g/mol. The van der Waals surface area contributed by atoms with Crippen molar-refractivity contribution in [3.8, 4) is 11.5 Å². The summed E-state index contributed by atoms with van der Waals surface area (Å²) in [5, 5.41) is 7.06. The van der Waals surface area contributed by atoms with Crippen molar-refractivity contribution in [2.75, 3.05) is 6.54 Å². The lowest BCUT2D eigenvalue weighted by atomic mass is 10.1. The first-order chi connectivity index (χ1) is 10.4. The molecule has 3 rings (SSSR count). The van der Waals surface area contributed by atoms with Crippen LogP contribution in [0.25, 0.3) is 11.5 Å². The lowest BCUT2D eigenvalue weighted by molar-refractivity contribution is 0.262. The van der Waals surface area contributed by atoms with E-state index < -0.39 is 10.0 Å². The van der Waals surface area contributed by atoms with Crippen molar-refractivity contribution in [2.24, 2.45) is 0 Å². The number of nitrogens with zero attached hydrogens (tertiary/aromatic N) is 2. The number of rotatable bonds is 3. The van der Waals surface area contributed by atoms with Gasteiger partial charge in [0.25, 0.3) is 10.0 Å². The van der Waals surface area contributed by atoms with Crippen LogP contribution in [0.3, 0.4) is 0 Å². The molecule has 0 radical (unpaired) electrons. The molecule has 1 aliphatic rings. The Labute approximate surface area is 130 Å². The molecule has 1 saturated heterocycles. The van der Waals surface area contributed by atoms with Crippen LogP contribution in [0.1, 0.15) is 37.4 Å². The second kappa shape index (κ2) is 5.55. The molecular weight excluding hydrogens is 302 g/mol. The molecule has 3 heterocycles. The molecule has 0 saturated carbocycles. The molecule has 22 heavy (non-hydrogen) atoms. The van der Waals surface area contributed by atoms with E-state index in [1.54, 1.807) is 10.4 Å². The van der Waals surface area contributed by atoms with E-state index in [1.165, 1.54) is 6.07 Å². The van der Waals surface area contributed by atoms with E-state index in [0.29, 0.717) is 18.0 Å². The summed E-state index contributed by atoms with van der Waals surface area (Å²) in [6, 6.07) is 3.21. The topological polar surface area (TPSA) is 79.2 Å². The fourth-order valence-corrected chi connectivity index (χ4v) is 4.47. The van der Waals surface area contributed by atoms with E-state index in [1.807, 2.05) is 20.8 Å². The first-order valence-corrected chi connectivity index (χ1v) is 8.99. The number of piperidine rings is 1. The van der Waals surface area contributed by atoms with E-state index in [9.17, 15) is 8.42 Å². The van der Waals surface area contributed by atoms with Crippen LogP contribution in [-0.4, -0.2) is 35.5 Å². The second-order valence-electron chi connectivity index (χ2n) is 5.90. The Balaban J connectivity index is 1.94. The van der Waals surface area contributed by atoms with Crippen molar-refractivity contribution < 1.29 is 12.8 Å². The van der Waals surface area contributed by atoms with Crippen LogP contribution in [0.2, 0.25) is 0 Å². The molecule has 7 heteroatoms. The van der Waals surface area contributed by atoms with Crippen LogP contribution in [0, 0.1) is 13.8 Å². The number of furan rings is 1. The van der Waals surface area contributed by atoms with Crippen LogP contribution in [0.4, 0.5) is 0 Å². The highest BCUT2D eigenvalue weighted by molar-refractivity contribution is 7.89. The Morgan fingerprint density at radius 2 is 2.09 bits per heavy atom. The summed E-state index contributed by atoms with van der Waals surface area (Å²) in [6.45, 7) is 6.35. The predicted octanol–water partition coefficient (Wildman–Crippen LogP) is 2.85. The maximum absolute atomic E-state index is 12.7. The van der Waals surface area contributed by atoms with Gasteiger partial charge in [-0.25, -0.2) is 8.42 Å². The molecule has 1 aliphatic heterocycles. The average molecular weight is 323 g/mol. The van der Waals surface area contributed by atoms with Crippen LogP contribution in [-0.2, 0) is 10.0 Å². The zero-order valence-corrected chi connectivity index (χ0v) is 13.9. The average Bonchev–Trinajstić information content (AvgIpc) is 3.08. The summed E-state index contributed by atoms with van der Waals surface area (Å²) in [4.78, 5) is 0. The fraction of sp³-hybridized carbons (Fsp3) is 0.533. The Morgan fingerprint density at radius 3 is 2.73 bits per heavy atom. The van der Waals surface area contributed by atoms with E-state index >= 15 is 0 Å². The third-order valence-electron chi connectivity index (χ3n) is 4.37. The molecule has 1 N–H and O–H groups in total. The van der Waals surface area contributed by atoms with Crippen LogP contribution in [0.15, 0.2) is 21.6 Å². The Kier molecular flexibility index (Phi) is 3.86. The van der Waals surface area contributed by atoms with Gasteiger partial charge in [-0.15, -0.1) is 0 Å². The molecule has 6 nitrogen and oxygen atoms in total. The summed E-state index contributed by atoms with van der Waals surface area (Å²) in [7, 11) is -3.58. The summed E-state index contributed by atoms with van der Waals surface area (Å²) in [5.41, 5.74) is 2.57. The summed E-state index contributed by atoms with van der Waals surface area (Å²) < 4.78 is 32.6. The van der Waals surface area contributed by atoms with Gasteiger partial charge in [0.2, 0.25) is 5.09 Å². The van der Waals surface area contributed by atoms with Crippen LogP contribution < -0.4 is 0 Å². The molecule has 1 atom stereocenters. The largest absolute Gasteiger partial charge is 0.442 e. The minimum absolute atomic E-state index is 0.00342. The SMILES string of the molecule is Cc1[nH]nc(-c2ccc(S(=O)(=O)N3CCCCC3C)o2)c1C. The van der Waals surface area contributed by atoms with Crippen LogP contribution in [0.5, 0.6) is 0 Å². The third kappa shape index (κ3) is 2.48. The van der Waals surface area contributed by atoms with Gasteiger partial charge in [-0.05, 0) is 45.7 Å². The minimum atomic E-state index is -3.58. The summed E-state index contributed by atoms with van der Waals surface area (Å²) in [6.07, 6.45) is 2.86. The highest BCUT2D eigenvalue weighted by Gasteiger charge is 2.33. The summed E-state index contributed by atoms with van der Waals surface area (Å²) >= 11 is 0. The number of H-pyrrole nitrogens is 1. The number of nitrogens with one attached hydrogen (secondary N) is 1. The Hall–Kier alpha value is -1.60. The summed E-state index contributed by atoms with van der Waals surface area (Å²) in [5.74, 6) is 0.477. The van der Waals surface area contributed by atoms with Gasteiger partial charge in [0.05, 0.1) is 0 Å². The first-order valence-electron chi connectivity index (χ1n) is 7.55. The Morgan fingerprint density at radius 1 is 1.32 bits per heavy atom. The number of hydrogen-bond donors (Lipinski definition) is 1. The number of sulfonamides is 1. The molecule has 1 fully saturated rings. The number of aromatic amines is 1. The molecular formula is C15H21N3O3S. The zero-order chi connectivity index (χ0) is 15.9. The maximum atomic E-state index is 12.7. The van der Waals surface area contributed by atoms with Crippen molar-refractivity contribution in [3.63, 3.8) is 0 Å². The quantitative estimate of drug-likeness (QED) is 0.942. The number of hydrogen-bond acceptors (Lipinski definition) is 4. The zero-order valence-electron chi connectivity index (χ0n) is 13.1. The van der Waals surface area contributed by atoms with Gasteiger partial charge in [0, 0.05) is 23.8 Å². The van der Waals surface area contributed by atoms with Gasteiger partial charge in [0.1, 0.15) is 5.69 Å². The van der Waals surface area contributed by atoms with E-state index in [2.05, 4.69) is 10.2 Å². The standard InChI is InChI=1S/C15H21N3O3S/c1-10-6-4-5-9-18(10)22(19,20)14-8-7-13(21-14)15-11(2)12(3)16-17-15/h7-8,10H,4-6,9H2,1-3H3,(H,16,17). The molecule has 2 aromatic rings. The van der Waals surface area contributed by atoms with E-state index in [-0.39, 0.29) is 11.1 Å². The maximum Gasteiger partial charge on any atom is 0.276 e. The Bertz CT molecular complexity index is 776. The normalized spacial score (nSPS) is 20.4. The van der Waals surface area contributed by atoms with Gasteiger partial charge in [-0.2, -0.15) is 9.40 Å². The van der Waals surface area contributed by atoms with Gasteiger partial charge < -0.3 is 4.42 Å². The van der Waals surface area contributed by atoms with Crippen molar-refractivity contribution >= 4 is 10.0 Å². The molecule has 2 aromatic heterocycles. The first kappa shape index (κ1) is 15.3. The van der Waals surface area contributed by atoms with Gasteiger partial charge in [-0.1, -0.05) is 6.42 Å². The highest BCUT2D eigenvalue weighted by atomic mass is 32.2. The smallest absolute Gasteiger partial charge is 0.276 e. The predicted molar refractivity (Wildman–Crippen MR) is 83.0 cm³/mol. The van der Waals surface area contributed by atoms with Crippen molar-refractivity contribution in [3.05, 3.63) is 23.4 Å². The number of aromatic nitrogens is 2. The molecule has 0 bridgehead atoms. The minimum Gasteiger partial charge on any atom is -0.442 e.